The van der Waals surface area contributed by atoms with Gasteiger partial charge in [-0.25, -0.2) is 4.39 Å². The van der Waals surface area contributed by atoms with Crippen LogP contribution in [0.3, 0.4) is 0 Å². The standard InChI is InChI=1S/C15H14FN/c16-13-8-4-5-11(9-13)14-10-15(14,17)12-6-2-1-3-7-12/h1-9,14H,10,17H2. The first-order valence-electron chi connectivity index (χ1n) is 5.80. The largest absolute Gasteiger partial charge is 0.321 e. The maximum atomic E-state index is 13.2. The van der Waals surface area contributed by atoms with Crippen LogP contribution in [0.25, 0.3) is 0 Å². The van der Waals surface area contributed by atoms with Gasteiger partial charge in [-0.2, -0.15) is 0 Å². The second kappa shape index (κ2) is 3.67. The fraction of sp³-hybridized carbons (Fsp3) is 0.200. The van der Waals surface area contributed by atoms with Crippen LogP contribution in [0.5, 0.6) is 0 Å². The van der Waals surface area contributed by atoms with E-state index in [1.807, 2.05) is 36.4 Å². The third kappa shape index (κ3) is 1.75. The summed E-state index contributed by atoms with van der Waals surface area (Å²) in [5, 5.41) is 0. The van der Waals surface area contributed by atoms with Crippen molar-refractivity contribution in [2.24, 2.45) is 5.73 Å². The van der Waals surface area contributed by atoms with Crippen LogP contribution < -0.4 is 5.73 Å². The van der Waals surface area contributed by atoms with Crippen LogP contribution in [0.4, 0.5) is 4.39 Å². The van der Waals surface area contributed by atoms with Gasteiger partial charge in [0.2, 0.25) is 0 Å². The number of hydrogen-bond acceptors (Lipinski definition) is 1. The van der Waals surface area contributed by atoms with Crippen molar-refractivity contribution in [3.63, 3.8) is 0 Å². The highest BCUT2D eigenvalue weighted by molar-refractivity contribution is 5.41. The number of hydrogen-bond donors (Lipinski definition) is 1. The number of rotatable bonds is 2. The molecule has 0 amide bonds. The van der Waals surface area contributed by atoms with Gasteiger partial charge in [-0.3, -0.25) is 0 Å². The lowest BCUT2D eigenvalue weighted by Crippen LogP contribution is -2.21. The molecule has 0 aliphatic heterocycles. The van der Waals surface area contributed by atoms with E-state index in [1.165, 1.54) is 6.07 Å². The molecule has 1 saturated carbocycles. The Hall–Kier alpha value is -1.67. The lowest BCUT2D eigenvalue weighted by molar-refractivity contribution is 0.623. The van der Waals surface area contributed by atoms with E-state index in [2.05, 4.69) is 0 Å². The normalized spacial score (nSPS) is 26.8. The van der Waals surface area contributed by atoms with Gasteiger partial charge < -0.3 is 5.73 Å². The van der Waals surface area contributed by atoms with Gasteiger partial charge in [0.1, 0.15) is 5.82 Å². The molecule has 86 valence electrons. The molecule has 2 aromatic carbocycles. The Morgan fingerprint density at radius 2 is 1.82 bits per heavy atom. The van der Waals surface area contributed by atoms with E-state index in [0.717, 1.165) is 17.5 Å². The zero-order valence-corrected chi connectivity index (χ0v) is 9.44. The molecule has 2 heteroatoms. The topological polar surface area (TPSA) is 26.0 Å². The van der Waals surface area contributed by atoms with Crippen LogP contribution in [-0.2, 0) is 5.54 Å². The third-order valence-electron chi connectivity index (χ3n) is 3.57. The van der Waals surface area contributed by atoms with E-state index in [0.29, 0.717) is 0 Å². The highest BCUT2D eigenvalue weighted by Gasteiger charge is 2.52. The smallest absolute Gasteiger partial charge is 0.123 e. The average Bonchev–Trinajstić information content (AvgIpc) is 3.05. The Balaban J connectivity index is 1.91. The minimum Gasteiger partial charge on any atom is -0.321 e. The van der Waals surface area contributed by atoms with Crippen molar-refractivity contribution in [2.45, 2.75) is 17.9 Å². The van der Waals surface area contributed by atoms with Crippen LogP contribution in [0, 0.1) is 5.82 Å². The lowest BCUT2D eigenvalue weighted by atomic mass is 9.99. The summed E-state index contributed by atoms with van der Waals surface area (Å²) < 4.78 is 13.2. The Morgan fingerprint density at radius 3 is 2.53 bits per heavy atom. The minimum atomic E-state index is -0.310. The van der Waals surface area contributed by atoms with Crippen molar-refractivity contribution in [1.29, 1.82) is 0 Å². The molecule has 0 bridgehead atoms. The molecule has 0 heterocycles. The fourth-order valence-electron chi connectivity index (χ4n) is 2.48. The zero-order valence-electron chi connectivity index (χ0n) is 9.44. The first kappa shape index (κ1) is 10.5. The van der Waals surface area contributed by atoms with E-state index >= 15 is 0 Å². The molecule has 1 aliphatic carbocycles. The summed E-state index contributed by atoms with van der Waals surface area (Å²) in [5.41, 5.74) is 8.19. The summed E-state index contributed by atoms with van der Waals surface area (Å²) in [6, 6.07) is 16.8. The van der Waals surface area contributed by atoms with E-state index in [9.17, 15) is 4.39 Å². The highest BCUT2D eigenvalue weighted by atomic mass is 19.1. The lowest BCUT2D eigenvalue weighted by Gasteiger charge is -2.12. The van der Waals surface area contributed by atoms with Crippen LogP contribution in [0.2, 0.25) is 0 Å². The molecule has 2 aromatic rings. The zero-order chi connectivity index (χ0) is 11.9. The SMILES string of the molecule is NC1(c2ccccc2)CC1c1cccc(F)c1. The van der Waals surface area contributed by atoms with Gasteiger partial charge in [0.15, 0.2) is 0 Å². The van der Waals surface area contributed by atoms with E-state index in [4.69, 9.17) is 5.73 Å². The predicted octanol–water partition coefficient (Wildman–Crippen LogP) is 3.17. The Kier molecular flexibility index (Phi) is 2.26. The van der Waals surface area contributed by atoms with E-state index < -0.39 is 0 Å². The Morgan fingerprint density at radius 1 is 1.06 bits per heavy atom. The van der Waals surface area contributed by atoms with Gasteiger partial charge >= 0.3 is 0 Å². The molecule has 1 fully saturated rings. The van der Waals surface area contributed by atoms with E-state index in [-0.39, 0.29) is 17.3 Å². The number of halogens is 1. The van der Waals surface area contributed by atoms with Crippen LogP contribution >= 0.6 is 0 Å². The molecule has 1 aliphatic rings. The van der Waals surface area contributed by atoms with Gasteiger partial charge in [0.05, 0.1) is 0 Å². The molecule has 2 unspecified atom stereocenters. The van der Waals surface area contributed by atoms with Crippen LogP contribution in [0.15, 0.2) is 54.6 Å². The van der Waals surface area contributed by atoms with Crippen LogP contribution in [-0.4, -0.2) is 0 Å². The molecule has 0 radical (unpaired) electrons. The molecule has 0 saturated heterocycles. The van der Waals surface area contributed by atoms with Crippen molar-refractivity contribution in [2.75, 3.05) is 0 Å². The quantitative estimate of drug-likeness (QED) is 0.837. The maximum absolute atomic E-state index is 13.2. The van der Waals surface area contributed by atoms with Crippen molar-refractivity contribution < 1.29 is 4.39 Å². The molecule has 0 aromatic heterocycles. The first-order chi connectivity index (χ1) is 8.20. The van der Waals surface area contributed by atoms with E-state index in [1.54, 1.807) is 12.1 Å². The summed E-state index contributed by atoms with van der Waals surface area (Å²) in [6.45, 7) is 0. The monoisotopic (exact) mass is 227 g/mol. The molecule has 17 heavy (non-hydrogen) atoms. The maximum Gasteiger partial charge on any atom is 0.123 e. The molecule has 2 atom stereocenters. The molecule has 0 spiro atoms. The predicted molar refractivity (Wildman–Crippen MR) is 66.1 cm³/mol. The van der Waals surface area contributed by atoms with Crippen molar-refractivity contribution in [1.82, 2.24) is 0 Å². The summed E-state index contributed by atoms with van der Waals surface area (Å²) in [4.78, 5) is 0. The average molecular weight is 227 g/mol. The molecular weight excluding hydrogens is 213 g/mol. The number of benzene rings is 2. The Labute approximate surface area is 100 Å². The van der Waals surface area contributed by atoms with Crippen molar-refractivity contribution >= 4 is 0 Å². The van der Waals surface area contributed by atoms with Gasteiger partial charge in [0, 0.05) is 11.5 Å². The fourth-order valence-corrected chi connectivity index (χ4v) is 2.48. The molecular formula is C15H14FN. The molecule has 2 N–H and O–H groups in total. The summed E-state index contributed by atoms with van der Waals surface area (Å²) >= 11 is 0. The van der Waals surface area contributed by atoms with Crippen LogP contribution in [0.1, 0.15) is 23.5 Å². The van der Waals surface area contributed by atoms with Crippen molar-refractivity contribution in [3.05, 3.63) is 71.5 Å². The first-order valence-corrected chi connectivity index (χ1v) is 5.80. The van der Waals surface area contributed by atoms with Gasteiger partial charge in [-0.05, 0) is 29.7 Å². The Bertz CT molecular complexity index is 538. The minimum absolute atomic E-state index is 0.190. The molecule has 3 rings (SSSR count). The highest BCUT2D eigenvalue weighted by Crippen LogP contribution is 2.56. The second-order valence-corrected chi connectivity index (χ2v) is 4.72. The number of nitrogens with two attached hydrogens (primary N) is 1. The van der Waals surface area contributed by atoms with Crippen molar-refractivity contribution in [3.8, 4) is 0 Å². The summed E-state index contributed by atoms with van der Waals surface area (Å²) in [6.07, 6.45) is 0.889. The van der Waals surface area contributed by atoms with Gasteiger partial charge in [0.25, 0.3) is 0 Å². The summed E-state index contributed by atoms with van der Waals surface area (Å²) in [5.74, 6) is 0.0467. The van der Waals surface area contributed by atoms with Gasteiger partial charge in [-0.15, -0.1) is 0 Å². The molecule has 1 nitrogen and oxygen atoms in total. The third-order valence-corrected chi connectivity index (χ3v) is 3.57. The van der Waals surface area contributed by atoms with Gasteiger partial charge in [-0.1, -0.05) is 42.5 Å². The second-order valence-electron chi connectivity index (χ2n) is 4.72. The summed E-state index contributed by atoms with van der Waals surface area (Å²) in [7, 11) is 0.